The number of rotatable bonds is 14. The zero-order valence-corrected chi connectivity index (χ0v) is 27.7. The van der Waals surface area contributed by atoms with Gasteiger partial charge in [0.25, 0.3) is 0 Å². The minimum atomic E-state index is -1.15. The van der Waals surface area contributed by atoms with Gasteiger partial charge in [-0.2, -0.15) is 0 Å². The lowest BCUT2D eigenvalue weighted by molar-refractivity contribution is -0.0762. The van der Waals surface area contributed by atoms with E-state index in [0.29, 0.717) is 47.0 Å². The lowest BCUT2D eigenvalue weighted by Gasteiger charge is -2.41. The first kappa shape index (κ1) is 33.6. The molecule has 1 aromatic heterocycles. The van der Waals surface area contributed by atoms with Crippen molar-refractivity contribution in [3.63, 3.8) is 0 Å². The molecule has 0 fully saturated rings. The van der Waals surface area contributed by atoms with Gasteiger partial charge in [0.05, 0.1) is 26.7 Å². The van der Waals surface area contributed by atoms with Crippen molar-refractivity contribution in [3.05, 3.63) is 106 Å². The number of para-hydroxylation sites is 1. The molecule has 0 bridgehead atoms. The number of hydrogen-bond acceptors (Lipinski definition) is 7. The van der Waals surface area contributed by atoms with Gasteiger partial charge in [0.15, 0.2) is 11.5 Å². The lowest BCUT2D eigenvalue weighted by Crippen LogP contribution is -2.42. The number of benzene rings is 3. The number of aromatic nitrogens is 1. The number of hydrogen-bond donors (Lipinski definition) is 1. The van der Waals surface area contributed by atoms with Crippen LogP contribution in [-0.2, 0) is 10.4 Å². The van der Waals surface area contributed by atoms with Crippen LogP contribution >= 0.6 is 23.2 Å². The van der Waals surface area contributed by atoms with Crippen LogP contribution in [0.3, 0.4) is 0 Å². The third kappa shape index (κ3) is 7.48. The van der Waals surface area contributed by atoms with Gasteiger partial charge in [-0.15, -0.1) is 0 Å². The quantitative estimate of drug-likeness (QED) is 0.140. The third-order valence-electron chi connectivity index (χ3n) is 7.59. The average molecular weight is 639 g/mol. The molecule has 0 amide bonds. The highest BCUT2D eigenvalue weighted by Gasteiger charge is 2.47. The normalized spacial score (nSPS) is 13.5. The Hall–Kier alpha value is -3.33. The van der Waals surface area contributed by atoms with Crippen LogP contribution in [0.2, 0.25) is 10.0 Å². The summed E-state index contributed by atoms with van der Waals surface area (Å²) in [4.78, 5) is 13.2. The zero-order chi connectivity index (χ0) is 31.9. The molecule has 4 rings (SSSR count). The van der Waals surface area contributed by atoms with Crippen LogP contribution in [0.1, 0.15) is 42.9 Å². The second-order valence-electron chi connectivity index (χ2n) is 11.4. The molecule has 7 nitrogen and oxygen atoms in total. The molecule has 2 unspecified atom stereocenters. The van der Waals surface area contributed by atoms with Crippen LogP contribution < -0.4 is 20.1 Å². The molecular weight excluding hydrogens is 597 g/mol. The average Bonchev–Trinajstić information content (AvgIpc) is 3.02. The first-order valence-corrected chi connectivity index (χ1v) is 15.3. The summed E-state index contributed by atoms with van der Waals surface area (Å²) in [6.07, 6.45) is 2.31. The van der Waals surface area contributed by atoms with Gasteiger partial charge in [-0.1, -0.05) is 73.4 Å². The molecule has 9 heteroatoms. The fourth-order valence-corrected chi connectivity index (χ4v) is 5.76. The topological polar surface area (TPSA) is 79.1 Å². The Morgan fingerprint density at radius 1 is 0.864 bits per heavy atom. The molecule has 0 aliphatic heterocycles. The molecule has 1 heterocycles. The number of nitrogens with zero attached hydrogens (tertiary/aromatic N) is 2. The monoisotopic (exact) mass is 637 g/mol. The fourth-order valence-electron chi connectivity index (χ4n) is 5.44. The van der Waals surface area contributed by atoms with Gasteiger partial charge < -0.3 is 19.1 Å². The highest BCUT2D eigenvalue weighted by atomic mass is 35.5. The zero-order valence-electron chi connectivity index (χ0n) is 26.1. The summed E-state index contributed by atoms with van der Waals surface area (Å²) in [5.41, 5.74) is 3.05. The highest BCUT2D eigenvalue weighted by Crippen LogP contribution is 2.53. The molecule has 4 aromatic rings. The van der Waals surface area contributed by atoms with Gasteiger partial charge in [-0.05, 0) is 74.0 Å². The van der Waals surface area contributed by atoms with Gasteiger partial charge >= 0.3 is 0 Å². The standard InChI is InChI=1S/C35H41Cl2N3O4/c1-23(2)22-43-34-30(19-25(21-39-34)24-13-15-27(36)16-14-24)32(29-11-8-12-31(41-5)33(29)42-6)35(44-38,17-18-40(3)4)26-9-7-10-28(37)20-26/h7-16,19-21,23,32H,17-18,22,38H2,1-6H3. The molecule has 44 heavy (non-hydrogen) atoms. The van der Waals surface area contributed by atoms with Gasteiger partial charge in [0.2, 0.25) is 5.88 Å². The highest BCUT2D eigenvalue weighted by molar-refractivity contribution is 6.30. The van der Waals surface area contributed by atoms with Crippen LogP contribution in [0.15, 0.2) is 79.0 Å². The van der Waals surface area contributed by atoms with Crippen molar-refractivity contribution in [3.8, 4) is 28.5 Å². The first-order chi connectivity index (χ1) is 21.1. The predicted molar refractivity (Wildman–Crippen MR) is 178 cm³/mol. The van der Waals surface area contributed by atoms with E-state index in [-0.39, 0.29) is 5.92 Å². The van der Waals surface area contributed by atoms with E-state index in [2.05, 4.69) is 24.8 Å². The van der Waals surface area contributed by atoms with Gasteiger partial charge in [-0.3, -0.25) is 4.84 Å². The van der Waals surface area contributed by atoms with Crippen molar-refractivity contribution in [2.75, 3.05) is 41.5 Å². The maximum Gasteiger partial charge on any atom is 0.217 e. The maximum atomic E-state index is 6.61. The summed E-state index contributed by atoms with van der Waals surface area (Å²) in [6.45, 7) is 5.31. The Morgan fingerprint density at radius 3 is 2.20 bits per heavy atom. The number of ether oxygens (including phenoxy) is 3. The van der Waals surface area contributed by atoms with Crippen LogP contribution in [0.25, 0.3) is 11.1 Å². The minimum absolute atomic E-state index is 0.266. The van der Waals surface area contributed by atoms with Gasteiger partial charge in [-0.25, -0.2) is 10.9 Å². The second kappa shape index (κ2) is 15.1. The van der Waals surface area contributed by atoms with Crippen LogP contribution in [0.5, 0.6) is 17.4 Å². The minimum Gasteiger partial charge on any atom is -0.493 e. The Morgan fingerprint density at radius 2 is 1.59 bits per heavy atom. The summed E-state index contributed by atoms with van der Waals surface area (Å²) >= 11 is 12.8. The van der Waals surface area contributed by atoms with Gasteiger partial charge in [0, 0.05) is 39.5 Å². The Balaban J connectivity index is 2.13. The third-order valence-corrected chi connectivity index (χ3v) is 8.07. The van der Waals surface area contributed by atoms with E-state index in [1.54, 1.807) is 14.2 Å². The van der Waals surface area contributed by atoms with Crippen molar-refractivity contribution in [1.29, 1.82) is 0 Å². The van der Waals surface area contributed by atoms with Crippen molar-refractivity contribution in [1.82, 2.24) is 9.88 Å². The molecule has 0 spiro atoms. The van der Waals surface area contributed by atoms with E-state index in [1.807, 2.05) is 87.0 Å². The molecule has 0 aliphatic rings. The molecule has 0 saturated heterocycles. The van der Waals surface area contributed by atoms with Crippen LogP contribution in [0, 0.1) is 5.92 Å². The second-order valence-corrected chi connectivity index (χ2v) is 12.3. The van der Waals surface area contributed by atoms with Crippen molar-refractivity contribution >= 4 is 23.2 Å². The van der Waals surface area contributed by atoms with E-state index >= 15 is 0 Å². The first-order valence-electron chi connectivity index (χ1n) is 14.5. The summed E-state index contributed by atoms with van der Waals surface area (Å²) < 4.78 is 18.2. The molecule has 3 aromatic carbocycles. The van der Waals surface area contributed by atoms with E-state index in [1.165, 1.54) is 0 Å². The van der Waals surface area contributed by atoms with Gasteiger partial charge in [0.1, 0.15) is 5.60 Å². The predicted octanol–water partition coefficient (Wildman–Crippen LogP) is 7.98. The van der Waals surface area contributed by atoms with E-state index in [9.17, 15) is 0 Å². The molecule has 234 valence electrons. The summed E-state index contributed by atoms with van der Waals surface area (Å²) in [6, 6.07) is 23.2. The molecule has 0 aliphatic carbocycles. The van der Waals surface area contributed by atoms with Crippen molar-refractivity contribution in [2.45, 2.75) is 31.8 Å². The number of halogens is 2. The fraction of sp³-hybridized carbons (Fsp3) is 0.343. The SMILES string of the molecule is COc1cccc(C(c2cc(-c3ccc(Cl)cc3)cnc2OCC(C)C)C(CCN(C)C)(ON)c2cccc(Cl)c2)c1OC. The molecule has 2 N–H and O–H groups in total. The summed E-state index contributed by atoms with van der Waals surface area (Å²) in [5.74, 6) is 7.73. The van der Waals surface area contributed by atoms with Crippen LogP contribution in [-0.4, -0.2) is 51.4 Å². The number of nitrogens with two attached hydrogens (primary N) is 1. The van der Waals surface area contributed by atoms with Crippen LogP contribution in [0.4, 0.5) is 0 Å². The maximum absolute atomic E-state index is 6.61. The smallest absolute Gasteiger partial charge is 0.217 e. The summed E-state index contributed by atoms with van der Waals surface area (Å²) in [7, 11) is 7.27. The molecular formula is C35H41Cl2N3O4. The molecule has 0 saturated carbocycles. The van der Waals surface area contributed by atoms with E-state index in [4.69, 9.17) is 53.1 Å². The number of methoxy groups -OCH3 is 2. The van der Waals surface area contributed by atoms with E-state index < -0.39 is 11.5 Å². The van der Waals surface area contributed by atoms with Crippen molar-refractivity contribution in [2.24, 2.45) is 11.8 Å². The lowest BCUT2D eigenvalue weighted by atomic mass is 9.71. The molecule has 2 atom stereocenters. The Kier molecular flexibility index (Phi) is 11.5. The Labute approximate surface area is 270 Å². The Bertz CT molecular complexity index is 1530. The summed E-state index contributed by atoms with van der Waals surface area (Å²) in [5, 5.41) is 1.22. The van der Waals surface area contributed by atoms with E-state index in [0.717, 1.165) is 27.8 Å². The van der Waals surface area contributed by atoms with Crippen molar-refractivity contribution < 1.29 is 19.0 Å². The number of pyridine rings is 1. The largest absolute Gasteiger partial charge is 0.493 e. The molecule has 0 radical (unpaired) electrons.